The molecule has 0 aliphatic heterocycles. The highest BCUT2D eigenvalue weighted by molar-refractivity contribution is 5.73. The van der Waals surface area contributed by atoms with Gasteiger partial charge in [-0.15, -0.1) is 0 Å². The van der Waals surface area contributed by atoms with Crippen molar-refractivity contribution in [2.24, 2.45) is 0 Å². The summed E-state index contributed by atoms with van der Waals surface area (Å²) >= 11 is 0. The second-order valence-electron chi connectivity index (χ2n) is 9.71. The Morgan fingerprint density at radius 1 is 1.04 bits per heavy atom. The molecule has 1 aliphatic rings. The van der Waals surface area contributed by atoms with E-state index < -0.39 is 0 Å². The molecule has 0 spiro atoms. The summed E-state index contributed by atoms with van der Waals surface area (Å²) in [5, 5.41) is 3.90. The third-order valence-corrected chi connectivity index (χ3v) is 6.37. The fraction of sp³-hybridized carbons (Fsp3) is 0.560. The molecule has 3 rings (SSSR count). The molecule has 0 saturated carbocycles. The van der Waals surface area contributed by atoms with Crippen molar-refractivity contribution in [3.63, 3.8) is 0 Å². The Kier molecular flexibility index (Phi) is 5.38. The van der Waals surface area contributed by atoms with E-state index in [4.69, 9.17) is 4.52 Å². The number of hydrogen-bond donors (Lipinski definition) is 0. The summed E-state index contributed by atoms with van der Waals surface area (Å²) in [5.74, 6) is 0.936. The first-order chi connectivity index (χ1) is 12.7. The van der Waals surface area contributed by atoms with Crippen LogP contribution in [-0.2, 0) is 23.7 Å². The number of aromatic nitrogens is 1. The topological polar surface area (TPSA) is 26.0 Å². The maximum Gasteiger partial charge on any atom is 0.141 e. The van der Waals surface area contributed by atoms with Gasteiger partial charge < -0.3 is 4.52 Å². The average molecular weight is 366 g/mol. The predicted octanol–water partition coefficient (Wildman–Crippen LogP) is 7.01. The lowest BCUT2D eigenvalue weighted by molar-refractivity contribution is 0.331. The van der Waals surface area contributed by atoms with Crippen molar-refractivity contribution in [1.82, 2.24) is 5.16 Å². The Labute approximate surface area is 165 Å². The number of hydrogen-bond acceptors (Lipinski definition) is 2. The minimum absolute atomic E-state index is 0.226. The second-order valence-corrected chi connectivity index (χ2v) is 9.71. The second kappa shape index (κ2) is 7.30. The number of benzene rings is 1. The molecule has 0 unspecified atom stereocenters. The normalized spacial score (nSPS) is 17.4. The van der Waals surface area contributed by atoms with Crippen LogP contribution >= 0.6 is 0 Å². The largest absolute Gasteiger partial charge is 0.361 e. The summed E-state index contributed by atoms with van der Waals surface area (Å²) in [6.07, 6.45) is 7.32. The molecule has 0 bridgehead atoms. The summed E-state index contributed by atoms with van der Waals surface area (Å²) in [5.41, 5.74) is 9.21. The van der Waals surface area contributed by atoms with Gasteiger partial charge in [0.2, 0.25) is 0 Å². The number of aryl methyl sites for hydroxylation is 1. The molecule has 0 saturated heterocycles. The van der Waals surface area contributed by atoms with E-state index in [1.54, 1.807) is 11.8 Å². The third-order valence-electron chi connectivity index (χ3n) is 6.37. The van der Waals surface area contributed by atoms with Crippen LogP contribution in [0.3, 0.4) is 0 Å². The molecule has 0 atom stereocenters. The lowest BCUT2D eigenvalue weighted by Crippen LogP contribution is -2.34. The Balaban J connectivity index is 2.21. The van der Waals surface area contributed by atoms with E-state index in [0.717, 1.165) is 25.0 Å². The SMILES string of the molecule is CCCc1cc2c(cc1C(Cc1ccno1)=C(C)C)C(C)(C)CCC2(C)C. The van der Waals surface area contributed by atoms with Crippen molar-refractivity contribution < 1.29 is 4.52 Å². The van der Waals surface area contributed by atoms with Gasteiger partial charge in [-0.1, -0.05) is 63.9 Å². The fourth-order valence-electron chi connectivity index (χ4n) is 4.46. The highest BCUT2D eigenvalue weighted by Gasteiger charge is 2.37. The number of allylic oxidation sites excluding steroid dienone is 2. The zero-order valence-corrected chi connectivity index (χ0v) is 18.2. The van der Waals surface area contributed by atoms with E-state index >= 15 is 0 Å². The molecule has 146 valence electrons. The van der Waals surface area contributed by atoms with Crippen LogP contribution in [0.4, 0.5) is 0 Å². The van der Waals surface area contributed by atoms with Crippen molar-refractivity contribution in [2.75, 3.05) is 0 Å². The van der Waals surface area contributed by atoms with Crippen LogP contribution in [0.5, 0.6) is 0 Å². The number of fused-ring (bicyclic) bond motifs is 1. The van der Waals surface area contributed by atoms with Gasteiger partial charge in [-0.05, 0) is 71.8 Å². The smallest absolute Gasteiger partial charge is 0.141 e. The van der Waals surface area contributed by atoms with E-state index in [-0.39, 0.29) is 10.8 Å². The number of rotatable bonds is 5. The molecule has 0 amide bonds. The zero-order chi connectivity index (χ0) is 19.8. The minimum Gasteiger partial charge on any atom is -0.361 e. The quantitative estimate of drug-likeness (QED) is 0.569. The maximum absolute atomic E-state index is 5.44. The van der Waals surface area contributed by atoms with Gasteiger partial charge in [0, 0.05) is 12.5 Å². The molecule has 1 aromatic carbocycles. The van der Waals surface area contributed by atoms with Gasteiger partial charge in [-0.25, -0.2) is 0 Å². The molecule has 0 N–H and O–H groups in total. The van der Waals surface area contributed by atoms with Gasteiger partial charge in [-0.3, -0.25) is 0 Å². The first-order valence-electron chi connectivity index (χ1n) is 10.4. The van der Waals surface area contributed by atoms with E-state index in [0.29, 0.717) is 0 Å². The molecule has 1 aliphatic carbocycles. The van der Waals surface area contributed by atoms with Crippen molar-refractivity contribution in [3.8, 4) is 0 Å². The van der Waals surface area contributed by atoms with Crippen LogP contribution in [-0.4, -0.2) is 5.16 Å². The molecule has 2 nitrogen and oxygen atoms in total. The first-order valence-corrected chi connectivity index (χ1v) is 10.4. The van der Waals surface area contributed by atoms with Gasteiger partial charge >= 0.3 is 0 Å². The van der Waals surface area contributed by atoms with Gasteiger partial charge in [0.1, 0.15) is 5.76 Å². The summed E-state index contributed by atoms with van der Waals surface area (Å²) in [7, 11) is 0. The van der Waals surface area contributed by atoms with Crippen molar-refractivity contribution in [1.29, 1.82) is 0 Å². The molecule has 1 heterocycles. The van der Waals surface area contributed by atoms with Crippen molar-refractivity contribution in [2.45, 2.75) is 91.4 Å². The Morgan fingerprint density at radius 2 is 1.67 bits per heavy atom. The van der Waals surface area contributed by atoms with Crippen molar-refractivity contribution >= 4 is 5.57 Å². The molecule has 1 aromatic heterocycles. The summed E-state index contributed by atoms with van der Waals surface area (Å²) in [4.78, 5) is 0. The molecular formula is C25H35NO. The van der Waals surface area contributed by atoms with Crippen molar-refractivity contribution in [3.05, 3.63) is 58.0 Å². The van der Waals surface area contributed by atoms with Crippen LogP contribution in [0, 0.1) is 0 Å². The maximum atomic E-state index is 5.44. The molecule has 2 heteroatoms. The summed E-state index contributed by atoms with van der Waals surface area (Å²) < 4.78 is 5.44. The highest BCUT2D eigenvalue weighted by atomic mass is 16.5. The fourth-order valence-corrected chi connectivity index (χ4v) is 4.46. The third kappa shape index (κ3) is 3.90. The van der Waals surface area contributed by atoms with E-state index in [2.05, 4.69) is 65.8 Å². The highest BCUT2D eigenvalue weighted by Crippen LogP contribution is 2.47. The van der Waals surface area contributed by atoms with Gasteiger partial charge in [0.05, 0.1) is 6.20 Å². The van der Waals surface area contributed by atoms with Crippen LogP contribution in [0.1, 0.15) is 95.7 Å². The van der Waals surface area contributed by atoms with Gasteiger partial charge in [0.15, 0.2) is 0 Å². The predicted molar refractivity (Wildman–Crippen MR) is 114 cm³/mol. The lowest BCUT2D eigenvalue weighted by atomic mass is 9.62. The van der Waals surface area contributed by atoms with E-state index in [9.17, 15) is 0 Å². The molecule has 0 radical (unpaired) electrons. The zero-order valence-electron chi connectivity index (χ0n) is 18.2. The lowest BCUT2D eigenvalue weighted by Gasteiger charge is -2.42. The summed E-state index contributed by atoms with van der Waals surface area (Å²) in [6, 6.07) is 7.02. The molecule has 27 heavy (non-hydrogen) atoms. The van der Waals surface area contributed by atoms with Crippen LogP contribution < -0.4 is 0 Å². The van der Waals surface area contributed by atoms with Crippen LogP contribution in [0.2, 0.25) is 0 Å². The van der Waals surface area contributed by atoms with Crippen LogP contribution in [0.15, 0.2) is 34.5 Å². The van der Waals surface area contributed by atoms with E-state index in [1.807, 2.05) is 6.07 Å². The Hall–Kier alpha value is -1.83. The average Bonchev–Trinajstić information content (AvgIpc) is 3.10. The minimum atomic E-state index is 0.226. The Morgan fingerprint density at radius 3 is 2.19 bits per heavy atom. The number of nitrogens with zero attached hydrogens (tertiary/aromatic N) is 1. The molecule has 2 aromatic rings. The van der Waals surface area contributed by atoms with Crippen LogP contribution in [0.25, 0.3) is 5.57 Å². The van der Waals surface area contributed by atoms with Gasteiger partial charge in [-0.2, -0.15) is 0 Å². The summed E-state index contributed by atoms with van der Waals surface area (Å²) in [6.45, 7) is 16.3. The monoisotopic (exact) mass is 365 g/mol. The standard InChI is InChI=1S/C25H35NO/c1-8-9-18-14-22-23(25(6,7)12-11-24(22,4)5)16-21(18)20(17(2)3)15-19-10-13-26-27-19/h10,13-14,16H,8-9,11-12,15H2,1-7H3. The molecule has 0 fully saturated rings. The molecular weight excluding hydrogens is 330 g/mol. The Bertz CT molecular complexity index is 833. The van der Waals surface area contributed by atoms with E-state index in [1.165, 1.54) is 40.7 Å². The first kappa shape index (κ1) is 19.9. The van der Waals surface area contributed by atoms with Gasteiger partial charge in [0.25, 0.3) is 0 Å².